The van der Waals surface area contributed by atoms with E-state index in [0.29, 0.717) is 10.6 Å². The van der Waals surface area contributed by atoms with Gasteiger partial charge in [0.2, 0.25) is 0 Å². The number of fused-ring (bicyclic) bond motifs is 1. The predicted molar refractivity (Wildman–Crippen MR) is 104 cm³/mol. The third-order valence-electron chi connectivity index (χ3n) is 4.10. The van der Waals surface area contributed by atoms with Gasteiger partial charge in [-0.15, -0.1) is 0 Å². The molecule has 3 rings (SSSR count). The van der Waals surface area contributed by atoms with E-state index in [9.17, 15) is 19.2 Å². The smallest absolute Gasteiger partial charge is 0.408 e. The number of carbonyl (C=O) groups is 4. The highest BCUT2D eigenvalue weighted by Crippen LogP contribution is 2.23. The van der Waals surface area contributed by atoms with Crippen molar-refractivity contribution < 1.29 is 28.8 Å². The minimum absolute atomic E-state index is 0.0454. The van der Waals surface area contributed by atoms with E-state index in [0.717, 1.165) is 0 Å². The molecule has 1 atom stereocenters. The van der Waals surface area contributed by atoms with E-state index in [2.05, 4.69) is 10.3 Å². The number of nitrogens with zero attached hydrogens (tertiary/aromatic N) is 2. The molecule has 9 nitrogen and oxygen atoms in total. The van der Waals surface area contributed by atoms with E-state index in [1.165, 1.54) is 24.5 Å². The highest BCUT2D eigenvalue weighted by Gasteiger charge is 2.40. The molecule has 0 fully saturated rings. The monoisotopic (exact) mass is 411 g/mol. The van der Waals surface area contributed by atoms with Gasteiger partial charge < -0.3 is 14.9 Å². The number of amides is 3. The number of hydrogen-bond donors (Lipinski definition) is 1. The minimum atomic E-state index is -1.20. The van der Waals surface area contributed by atoms with Gasteiger partial charge in [0.05, 0.1) is 11.1 Å². The number of carbonyl (C=O) groups excluding carboxylic acids is 4. The summed E-state index contributed by atoms with van der Waals surface area (Å²) in [5, 5.41) is 2.85. The summed E-state index contributed by atoms with van der Waals surface area (Å²) in [5.74, 6) is -2.47. The van der Waals surface area contributed by atoms with Gasteiger partial charge in [0.1, 0.15) is 11.6 Å². The van der Waals surface area contributed by atoms with Crippen molar-refractivity contribution in [3.05, 3.63) is 65.5 Å². The third kappa shape index (κ3) is 4.80. The van der Waals surface area contributed by atoms with Crippen molar-refractivity contribution in [3.8, 4) is 0 Å². The normalized spacial score (nSPS) is 14.2. The Hall–Kier alpha value is -3.75. The maximum Gasteiger partial charge on any atom is 0.408 e. The first-order chi connectivity index (χ1) is 14.2. The maximum atomic E-state index is 12.8. The lowest BCUT2D eigenvalue weighted by Gasteiger charge is -2.23. The van der Waals surface area contributed by atoms with Crippen LogP contribution in [0.1, 0.15) is 47.1 Å². The Kier molecular flexibility index (Phi) is 5.81. The molecule has 1 N–H and O–H groups in total. The number of nitrogens with one attached hydrogen (secondary N) is 1. The van der Waals surface area contributed by atoms with E-state index < -0.39 is 35.5 Å². The fraction of sp³-hybridized carbons (Fsp3) is 0.286. The van der Waals surface area contributed by atoms with Crippen molar-refractivity contribution in [1.82, 2.24) is 15.4 Å². The molecule has 1 aromatic heterocycles. The minimum Gasteiger partial charge on any atom is -0.444 e. The average molecular weight is 411 g/mol. The largest absolute Gasteiger partial charge is 0.444 e. The van der Waals surface area contributed by atoms with Crippen LogP contribution in [0, 0.1) is 0 Å². The number of hydroxylamine groups is 2. The molecule has 156 valence electrons. The highest BCUT2D eigenvalue weighted by atomic mass is 16.7. The van der Waals surface area contributed by atoms with Crippen LogP contribution in [-0.2, 0) is 20.8 Å². The maximum absolute atomic E-state index is 12.8. The second-order valence-electron chi connectivity index (χ2n) is 7.62. The van der Waals surface area contributed by atoms with Crippen LogP contribution in [-0.4, -0.2) is 45.6 Å². The molecule has 9 heteroatoms. The van der Waals surface area contributed by atoms with Gasteiger partial charge in [-0.1, -0.05) is 17.2 Å². The first-order valence-electron chi connectivity index (χ1n) is 9.24. The summed E-state index contributed by atoms with van der Waals surface area (Å²) in [5.41, 5.74) is 0.185. The number of rotatable bonds is 5. The fourth-order valence-corrected chi connectivity index (χ4v) is 2.80. The SMILES string of the molecule is CC(C)(C)OC(=O)N[C@@H](Cc1ccncc1)C(=O)ON1C(=O)c2ccccc2C1=O. The topological polar surface area (TPSA) is 115 Å². The summed E-state index contributed by atoms with van der Waals surface area (Å²) in [4.78, 5) is 58.9. The molecule has 0 saturated heterocycles. The molecule has 1 aliphatic rings. The molecule has 0 spiro atoms. The van der Waals surface area contributed by atoms with Crippen LogP contribution < -0.4 is 5.32 Å². The predicted octanol–water partition coefficient (Wildman–Crippen LogP) is 2.27. The van der Waals surface area contributed by atoms with Gasteiger partial charge in [0.25, 0.3) is 11.8 Å². The van der Waals surface area contributed by atoms with E-state index in [-0.39, 0.29) is 17.5 Å². The molecule has 2 aromatic rings. The zero-order chi connectivity index (χ0) is 21.9. The molecule has 1 aliphatic heterocycles. The van der Waals surface area contributed by atoms with Gasteiger partial charge in [0.15, 0.2) is 0 Å². The van der Waals surface area contributed by atoms with Gasteiger partial charge in [-0.3, -0.25) is 14.6 Å². The molecule has 0 unspecified atom stereocenters. The molecule has 0 radical (unpaired) electrons. The van der Waals surface area contributed by atoms with Crippen molar-refractivity contribution in [2.75, 3.05) is 0 Å². The van der Waals surface area contributed by atoms with Gasteiger partial charge in [-0.25, -0.2) is 9.59 Å². The first kappa shape index (κ1) is 21.0. The average Bonchev–Trinajstić information content (AvgIpc) is 2.92. The van der Waals surface area contributed by atoms with E-state index >= 15 is 0 Å². The summed E-state index contributed by atoms with van der Waals surface area (Å²) in [6.45, 7) is 5.05. The summed E-state index contributed by atoms with van der Waals surface area (Å²) in [6.07, 6.45) is 2.29. The Morgan fingerprint density at radius 1 is 1.03 bits per heavy atom. The number of pyridine rings is 1. The van der Waals surface area contributed by atoms with Crippen molar-refractivity contribution in [1.29, 1.82) is 0 Å². The number of aromatic nitrogens is 1. The molecular weight excluding hydrogens is 390 g/mol. The molecule has 30 heavy (non-hydrogen) atoms. The second kappa shape index (κ2) is 8.32. The van der Waals surface area contributed by atoms with E-state index in [4.69, 9.17) is 9.57 Å². The molecule has 3 amide bonds. The van der Waals surface area contributed by atoms with Crippen molar-refractivity contribution in [2.45, 2.75) is 38.8 Å². The quantitative estimate of drug-likeness (QED) is 0.751. The molecular formula is C21H21N3O6. The van der Waals surface area contributed by atoms with E-state index in [1.807, 2.05) is 0 Å². The van der Waals surface area contributed by atoms with Crippen molar-refractivity contribution in [2.24, 2.45) is 0 Å². The van der Waals surface area contributed by atoms with Crippen molar-refractivity contribution in [3.63, 3.8) is 0 Å². The van der Waals surface area contributed by atoms with Crippen LogP contribution in [0.15, 0.2) is 48.8 Å². The number of ether oxygens (including phenoxy) is 1. The van der Waals surface area contributed by atoms with Gasteiger partial charge in [-0.2, -0.15) is 0 Å². The molecule has 0 saturated carbocycles. The molecule has 2 heterocycles. The Bertz CT molecular complexity index is 949. The number of imide groups is 1. The Balaban J connectivity index is 1.77. The lowest BCUT2D eigenvalue weighted by molar-refractivity contribution is -0.171. The van der Waals surface area contributed by atoms with Crippen LogP contribution >= 0.6 is 0 Å². The molecule has 1 aromatic carbocycles. The number of alkyl carbamates (subject to hydrolysis) is 1. The van der Waals surface area contributed by atoms with Crippen molar-refractivity contribution >= 4 is 23.9 Å². The summed E-state index contributed by atoms with van der Waals surface area (Å²) in [7, 11) is 0. The first-order valence-corrected chi connectivity index (χ1v) is 9.24. The number of hydrogen-bond acceptors (Lipinski definition) is 7. The third-order valence-corrected chi connectivity index (χ3v) is 4.10. The molecule has 0 bridgehead atoms. The summed E-state index contributed by atoms with van der Waals surface area (Å²) >= 11 is 0. The van der Waals surface area contributed by atoms with Gasteiger partial charge >= 0.3 is 12.1 Å². The number of benzene rings is 1. The van der Waals surface area contributed by atoms with Crippen LogP contribution in [0.4, 0.5) is 4.79 Å². The Morgan fingerprint density at radius 2 is 1.60 bits per heavy atom. The van der Waals surface area contributed by atoms with Crippen LogP contribution in [0.25, 0.3) is 0 Å². The van der Waals surface area contributed by atoms with Crippen LogP contribution in [0.5, 0.6) is 0 Å². The van der Waals surface area contributed by atoms with Gasteiger partial charge in [-0.05, 0) is 50.6 Å². The van der Waals surface area contributed by atoms with Crippen LogP contribution in [0.3, 0.4) is 0 Å². The van der Waals surface area contributed by atoms with Crippen LogP contribution in [0.2, 0.25) is 0 Å². The fourth-order valence-electron chi connectivity index (χ4n) is 2.80. The zero-order valence-electron chi connectivity index (χ0n) is 16.7. The standard InChI is InChI=1S/C21H21N3O6/c1-21(2,3)29-20(28)23-16(12-13-8-10-22-11-9-13)19(27)30-24-17(25)14-6-4-5-7-15(14)18(24)26/h4-11,16H,12H2,1-3H3,(H,23,28)/t16-/m0/s1. The molecule has 0 aliphatic carbocycles. The lowest BCUT2D eigenvalue weighted by atomic mass is 10.1. The van der Waals surface area contributed by atoms with Gasteiger partial charge in [0, 0.05) is 18.8 Å². The van der Waals surface area contributed by atoms with E-state index in [1.54, 1.807) is 45.0 Å². The summed E-state index contributed by atoms with van der Waals surface area (Å²) in [6, 6.07) is 8.27. The Morgan fingerprint density at radius 3 is 2.13 bits per heavy atom. The zero-order valence-corrected chi connectivity index (χ0v) is 16.7. The Labute approximate surface area is 172 Å². The highest BCUT2D eigenvalue weighted by molar-refractivity contribution is 6.20. The summed E-state index contributed by atoms with van der Waals surface area (Å²) < 4.78 is 5.20. The second-order valence-corrected chi connectivity index (χ2v) is 7.62. The lowest BCUT2D eigenvalue weighted by Crippen LogP contribution is -2.48.